The molecule has 0 aromatic carbocycles. The van der Waals surface area contributed by atoms with Gasteiger partial charge in [-0.05, 0) is 18.1 Å². The summed E-state index contributed by atoms with van der Waals surface area (Å²) in [5.41, 5.74) is 7.02. The highest BCUT2D eigenvalue weighted by molar-refractivity contribution is 5.86. The lowest BCUT2D eigenvalue weighted by atomic mass is 10.1. The van der Waals surface area contributed by atoms with Gasteiger partial charge >= 0.3 is 0 Å². The van der Waals surface area contributed by atoms with Crippen LogP contribution in [0.2, 0.25) is 0 Å². The molecule has 2 aromatic rings. The van der Waals surface area contributed by atoms with E-state index in [-0.39, 0.29) is 6.61 Å². The third kappa shape index (κ3) is 1.87. The average molecular weight is 276 g/mol. The Morgan fingerprint density at radius 1 is 1.30 bits per heavy atom. The molecule has 0 unspecified atom stereocenters. The molecule has 0 radical (unpaired) electrons. The van der Waals surface area contributed by atoms with Gasteiger partial charge in [0.05, 0.1) is 11.4 Å². The van der Waals surface area contributed by atoms with Crippen molar-refractivity contribution in [3.8, 4) is 0 Å². The van der Waals surface area contributed by atoms with Crippen LogP contribution in [0.1, 0.15) is 12.5 Å². The normalized spacial score (nSPS) is 26.1. The minimum Gasteiger partial charge on any atom is -0.396 e. The number of rotatable bonds is 3. The van der Waals surface area contributed by atoms with Crippen molar-refractivity contribution in [3.05, 3.63) is 30.2 Å². The van der Waals surface area contributed by atoms with Gasteiger partial charge in [-0.25, -0.2) is 9.97 Å². The molecular formula is C13H16N4O3. The molecule has 0 bridgehead atoms. The third-order valence-corrected chi connectivity index (χ3v) is 3.70. The second kappa shape index (κ2) is 4.86. The van der Waals surface area contributed by atoms with Crippen molar-refractivity contribution in [2.24, 2.45) is 0 Å². The summed E-state index contributed by atoms with van der Waals surface area (Å²) in [7, 11) is 0. The van der Waals surface area contributed by atoms with Gasteiger partial charge in [0.15, 0.2) is 0 Å². The number of hydrogen-bond acceptors (Lipinski definition) is 6. The number of aliphatic hydroxyl groups is 3. The topological polar surface area (TPSA) is 117 Å². The van der Waals surface area contributed by atoms with Crippen molar-refractivity contribution < 1.29 is 15.3 Å². The predicted molar refractivity (Wildman–Crippen MR) is 72.8 cm³/mol. The maximum Gasteiger partial charge on any atom is 0.146 e. The van der Waals surface area contributed by atoms with Gasteiger partial charge in [-0.2, -0.15) is 0 Å². The molecule has 3 rings (SSSR count). The summed E-state index contributed by atoms with van der Waals surface area (Å²) in [6.45, 7) is -0.0656. The summed E-state index contributed by atoms with van der Waals surface area (Å²) >= 11 is 0. The number of nitrogen functional groups attached to an aromatic ring is 1. The zero-order valence-corrected chi connectivity index (χ0v) is 10.7. The molecule has 0 amide bonds. The van der Waals surface area contributed by atoms with Crippen molar-refractivity contribution in [1.29, 1.82) is 0 Å². The molecule has 0 aliphatic heterocycles. The van der Waals surface area contributed by atoms with E-state index >= 15 is 0 Å². The highest BCUT2D eigenvalue weighted by Gasteiger charge is 2.35. The monoisotopic (exact) mass is 276 g/mol. The Labute approximate surface area is 115 Å². The number of aliphatic hydroxyl groups excluding tert-OH is 3. The zero-order valence-electron chi connectivity index (χ0n) is 10.7. The third-order valence-electron chi connectivity index (χ3n) is 3.70. The molecule has 5 N–H and O–H groups in total. The van der Waals surface area contributed by atoms with E-state index in [4.69, 9.17) is 10.8 Å². The zero-order chi connectivity index (χ0) is 14.3. The summed E-state index contributed by atoms with van der Waals surface area (Å²) in [4.78, 5) is 8.10. The molecule has 7 heteroatoms. The minimum atomic E-state index is -0.969. The van der Waals surface area contributed by atoms with E-state index in [1.165, 1.54) is 6.33 Å². The maximum absolute atomic E-state index is 10.2. The van der Waals surface area contributed by atoms with Gasteiger partial charge in [-0.3, -0.25) is 0 Å². The fourth-order valence-corrected chi connectivity index (χ4v) is 2.66. The fourth-order valence-electron chi connectivity index (χ4n) is 2.66. The first-order chi connectivity index (χ1) is 9.63. The Bertz CT molecular complexity index is 667. The van der Waals surface area contributed by atoms with E-state index in [1.807, 2.05) is 0 Å². The van der Waals surface area contributed by atoms with Crippen molar-refractivity contribution in [2.75, 3.05) is 12.3 Å². The molecule has 0 saturated heterocycles. The van der Waals surface area contributed by atoms with Gasteiger partial charge in [0, 0.05) is 12.8 Å². The number of fused-ring (bicyclic) bond motifs is 1. The first-order valence-electron chi connectivity index (χ1n) is 6.38. The average Bonchev–Trinajstić information content (AvgIpc) is 2.97. The van der Waals surface area contributed by atoms with Crippen LogP contribution in [-0.4, -0.2) is 48.7 Å². The highest BCUT2D eigenvalue weighted by atomic mass is 16.3. The molecule has 2 heterocycles. The standard InChI is InChI=1S/C13H16N4O3/c14-12-8-1-3-17(13(8)16-6-15-12)9-5-7(2-4-18)10(19)11(9)20/h1,3,5-6,9-11,18-20H,2,4H2,(H2,14,15,16)/t9-,10-,11+/m1/s1. The van der Waals surface area contributed by atoms with Crippen LogP contribution in [0.5, 0.6) is 0 Å². The lowest BCUT2D eigenvalue weighted by molar-refractivity contribution is 0.0308. The van der Waals surface area contributed by atoms with Gasteiger partial charge in [-0.1, -0.05) is 6.08 Å². The van der Waals surface area contributed by atoms with Crippen LogP contribution < -0.4 is 5.73 Å². The Balaban J connectivity index is 2.05. The first kappa shape index (κ1) is 13.0. The Morgan fingerprint density at radius 2 is 2.10 bits per heavy atom. The van der Waals surface area contributed by atoms with E-state index in [0.29, 0.717) is 28.8 Å². The fraction of sp³-hybridized carbons (Fsp3) is 0.385. The van der Waals surface area contributed by atoms with Crippen LogP contribution in [0.15, 0.2) is 30.2 Å². The number of nitrogens with two attached hydrogens (primary N) is 1. The molecule has 0 spiro atoms. The summed E-state index contributed by atoms with van der Waals surface area (Å²) in [5, 5.41) is 29.8. The van der Waals surface area contributed by atoms with E-state index in [1.54, 1.807) is 22.9 Å². The van der Waals surface area contributed by atoms with Crippen LogP contribution in [0.4, 0.5) is 5.82 Å². The summed E-state index contributed by atoms with van der Waals surface area (Å²) < 4.78 is 1.76. The summed E-state index contributed by atoms with van der Waals surface area (Å²) in [5.74, 6) is 0.376. The Kier molecular flexibility index (Phi) is 3.17. The van der Waals surface area contributed by atoms with Crippen LogP contribution in [0.3, 0.4) is 0 Å². The summed E-state index contributed by atoms with van der Waals surface area (Å²) in [6.07, 6.45) is 3.29. The van der Waals surface area contributed by atoms with E-state index in [9.17, 15) is 10.2 Å². The molecule has 7 nitrogen and oxygen atoms in total. The second-order valence-corrected chi connectivity index (χ2v) is 4.86. The van der Waals surface area contributed by atoms with Crippen molar-refractivity contribution in [1.82, 2.24) is 14.5 Å². The predicted octanol–water partition coefficient (Wildman–Crippen LogP) is -0.401. The quantitative estimate of drug-likeness (QED) is 0.567. The first-order valence-corrected chi connectivity index (χ1v) is 6.38. The molecule has 1 aliphatic rings. The highest BCUT2D eigenvalue weighted by Crippen LogP contribution is 2.33. The lowest BCUT2D eigenvalue weighted by Gasteiger charge is -2.19. The smallest absolute Gasteiger partial charge is 0.146 e. The molecule has 0 fully saturated rings. The van der Waals surface area contributed by atoms with Gasteiger partial charge in [0.2, 0.25) is 0 Å². The Morgan fingerprint density at radius 3 is 2.85 bits per heavy atom. The van der Waals surface area contributed by atoms with Gasteiger partial charge < -0.3 is 25.6 Å². The van der Waals surface area contributed by atoms with Crippen molar-refractivity contribution in [2.45, 2.75) is 24.7 Å². The van der Waals surface area contributed by atoms with Crippen LogP contribution in [0, 0.1) is 0 Å². The summed E-state index contributed by atoms with van der Waals surface area (Å²) in [6, 6.07) is 1.35. The molecule has 20 heavy (non-hydrogen) atoms. The Hall–Kier alpha value is -1.96. The number of nitrogens with zero attached hydrogens (tertiary/aromatic N) is 3. The second-order valence-electron chi connectivity index (χ2n) is 4.86. The number of aromatic nitrogens is 3. The van der Waals surface area contributed by atoms with Crippen molar-refractivity contribution in [3.63, 3.8) is 0 Å². The van der Waals surface area contributed by atoms with Crippen LogP contribution >= 0.6 is 0 Å². The van der Waals surface area contributed by atoms with Gasteiger partial charge in [0.25, 0.3) is 0 Å². The molecule has 1 aliphatic carbocycles. The molecule has 2 aromatic heterocycles. The maximum atomic E-state index is 10.2. The number of hydrogen-bond donors (Lipinski definition) is 4. The largest absolute Gasteiger partial charge is 0.396 e. The number of anilines is 1. The van der Waals surface area contributed by atoms with E-state index in [0.717, 1.165) is 0 Å². The van der Waals surface area contributed by atoms with Crippen LogP contribution in [0.25, 0.3) is 11.0 Å². The van der Waals surface area contributed by atoms with Gasteiger partial charge in [0.1, 0.15) is 30.0 Å². The van der Waals surface area contributed by atoms with E-state index < -0.39 is 18.2 Å². The molecular weight excluding hydrogens is 260 g/mol. The SMILES string of the molecule is Nc1ncnc2c1ccn2[C@@H]1C=C(CCO)[C@@H](O)[C@H]1O. The molecule has 3 atom stereocenters. The van der Waals surface area contributed by atoms with E-state index in [2.05, 4.69) is 9.97 Å². The minimum absolute atomic E-state index is 0.0656. The van der Waals surface area contributed by atoms with Crippen LogP contribution in [-0.2, 0) is 0 Å². The lowest BCUT2D eigenvalue weighted by Crippen LogP contribution is -2.29. The molecule has 106 valence electrons. The van der Waals surface area contributed by atoms with Gasteiger partial charge in [-0.15, -0.1) is 0 Å². The molecule has 0 saturated carbocycles. The van der Waals surface area contributed by atoms with Crippen molar-refractivity contribution >= 4 is 16.9 Å².